The van der Waals surface area contributed by atoms with Crippen molar-refractivity contribution in [3.05, 3.63) is 54.1 Å². The second-order valence-corrected chi connectivity index (χ2v) is 18.6. The number of para-hydroxylation sites is 1. The number of nitrogens with zero attached hydrogens (tertiary/aromatic N) is 4. The van der Waals surface area contributed by atoms with Gasteiger partial charge in [-0.05, 0) is 78.9 Å². The molecule has 3 aromatic rings. The third-order valence-electron chi connectivity index (χ3n) is 10.3. The largest absolute Gasteiger partial charge is 0.380 e. The summed E-state index contributed by atoms with van der Waals surface area (Å²) >= 11 is 0. The number of carbonyl (C=O) groups excluding carboxylic acids is 3. The highest BCUT2D eigenvalue weighted by Crippen LogP contribution is 2.41. The maximum Gasteiger partial charge on any atom is 0.227 e. The van der Waals surface area contributed by atoms with Crippen molar-refractivity contribution in [3.63, 3.8) is 0 Å². The van der Waals surface area contributed by atoms with Gasteiger partial charge in [-0.15, -0.1) is 5.10 Å². The molecule has 13 heteroatoms. The number of nitrogens with one attached hydrogen (secondary N) is 3. The highest BCUT2D eigenvalue weighted by Gasteiger charge is 2.35. The summed E-state index contributed by atoms with van der Waals surface area (Å²) in [6.45, 7) is 23.8. The minimum absolute atomic E-state index is 0.0379. The first kappa shape index (κ1) is 46.5. The van der Waals surface area contributed by atoms with Gasteiger partial charge in [0.05, 0.1) is 30.1 Å². The summed E-state index contributed by atoms with van der Waals surface area (Å²) in [7, 11) is 0. The summed E-state index contributed by atoms with van der Waals surface area (Å²) in [5, 5.41) is 18.7. The lowest BCUT2D eigenvalue weighted by Gasteiger charge is -2.36. The van der Waals surface area contributed by atoms with Crippen LogP contribution in [-0.2, 0) is 36.9 Å². The van der Waals surface area contributed by atoms with Crippen LogP contribution in [-0.4, -0.2) is 88.3 Å². The lowest BCUT2D eigenvalue weighted by molar-refractivity contribution is -0.133. The van der Waals surface area contributed by atoms with Crippen molar-refractivity contribution < 1.29 is 23.9 Å². The van der Waals surface area contributed by atoms with Crippen molar-refractivity contribution in [2.75, 3.05) is 37.8 Å². The van der Waals surface area contributed by atoms with Crippen molar-refractivity contribution in [2.24, 2.45) is 11.1 Å². The van der Waals surface area contributed by atoms with Gasteiger partial charge in [0.25, 0.3) is 0 Å². The van der Waals surface area contributed by atoms with E-state index >= 15 is 0 Å². The number of rotatable bonds is 22. The second kappa shape index (κ2) is 20.2. The number of ether oxygens (including phenoxy) is 2. The molecule has 1 aliphatic rings. The quantitative estimate of drug-likeness (QED) is 0.0844. The normalized spacial score (nSPS) is 13.3. The number of anilines is 1. The van der Waals surface area contributed by atoms with Crippen LogP contribution in [0.1, 0.15) is 113 Å². The number of nitrogens with two attached hydrogens (primary N) is 1. The Morgan fingerprint density at radius 1 is 0.862 bits per heavy atom. The molecule has 320 valence electrons. The Morgan fingerprint density at radius 2 is 1.55 bits per heavy atom. The highest BCUT2D eigenvalue weighted by atomic mass is 16.5. The van der Waals surface area contributed by atoms with Crippen molar-refractivity contribution in [1.29, 1.82) is 0 Å². The Balaban J connectivity index is 1.31. The fraction of sp³-hybridized carbons (Fsp3) is 0.622. The number of aromatic nitrogens is 3. The Hall–Kier alpha value is -4.17. The Labute approximate surface area is 346 Å². The minimum Gasteiger partial charge on any atom is -0.380 e. The molecule has 0 saturated carbocycles. The molecule has 0 spiro atoms. The molecule has 0 radical (unpaired) electrons. The van der Waals surface area contributed by atoms with Gasteiger partial charge in [-0.3, -0.25) is 14.4 Å². The number of amides is 3. The van der Waals surface area contributed by atoms with Gasteiger partial charge in [0.2, 0.25) is 17.7 Å². The molecule has 1 aliphatic heterocycles. The van der Waals surface area contributed by atoms with Gasteiger partial charge in [-0.25, -0.2) is 4.68 Å². The molecule has 0 atom stereocenters. The Bertz CT molecular complexity index is 1830. The maximum atomic E-state index is 14.0. The minimum atomic E-state index is -0.636. The summed E-state index contributed by atoms with van der Waals surface area (Å²) in [4.78, 5) is 42.0. The number of aryl methyl sites for hydroxylation is 1. The fourth-order valence-corrected chi connectivity index (χ4v) is 7.41. The molecule has 58 heavy (non-hydrogen) atoms. The molecule has 13 nitrogen and oxygen atoms in total. The van der Waals surface area contributed by atoms with E-state index in [1.165, 1.54) is 0 Å². The van der Waals surface area contributed by atoms with Crippen molar-refractivity contribution >= 4 is 23.4 Å². The zero-order valence-electron chi connectivity index (χ0n) is 36.8. The first-order valence-corrected chi connectivity index (χ1v) is 20.9. The average molecular weight is 803 g/mol. The van der Waals surface area contributed by atoms with E-state index in [1.54, 1.807) is 4.90 Å². The van der Waals surface area contributed by atoms with Crippen LogP contribution < -0.4 is 26.6 Å². The van der Waals surface area contributed by atoms with E-state index in [0.29, 0.717) is 70.5 Å². The molecule has 0 fully saturated rings. The van der Waals surface area contributed by atoms with E-state index < -0.39 is 22.1 Å². The number of fused-ring (bicyclic) bond motifs is 5. The van der Waals surface area contributed by atoms with Crippen molar-refractivity contribution in [2.45, 2.75) is 144 Å². The van der Waals surface area contributed by atoms with Gasteiger partial charge in [-0.2, -0.15) is 0 Å². The van der Waals surface area contributed by atoms with Crippen LogP contribution in [0.4, 0.5) is 5.69 Å². The van der Waals surface area contributed by atoms with Crippen LogP contribution in [0, 0.1) is 5.41 Å². The first-order valence-electron chi connectivity index (χ1n) is 20.9. The van der Waals surface area contributed by atoms with Crippen LogP contribution >= 0.6 is 0 Å². The predicted molar refractivity (Wildman–Crippen MR) is 231 cm³/mol. The predicted octanol–water partition coefficient (Wildman–Crippen LogP) is 6.38. The summed E-state index contributed by atoms with van der Waals surface area (Å²) in [5.41, 5.74) is 9.34. The van der Waals surface area contributed by atoms with Gasteiger partial charge >= 0.3 is 0 Å². The van der Waals surface area contributed by atoms with Gasteiger partial charge < -0.3 is 36.1 Å². The summed E-state index contributed by atoms with van der Waals surface area (Å²) in [6.07, 6.45) is 2.64. The van der Waals surface area contributed by atoms with Gasteiger partial charge in [0.15, 0.2) is 0 Å². The molecule has 0 saturated heterocycles. The molecule has 1 aromatic heterocycles. The zero-order chi connectivity index (χ0) is 42.7. The average Bonchev–Trinajstić information content (AvgIpc) is 3.53. The molecule has 0 bridgehead atoms. The zero-order valence-corrected chi connectivity index (χ0v) is 36.8. The first-order chi connectivity index (χ1) is 27.2. The highest BCUT2D eigenvalue weighted by molar-refractivity contribution is 6.01. The van der Waals surface area contributed by atoms with E-state index in [1.807, 2.05) is 103 Å². The van der Waals surface area contributed by atoms with E-state index in [4.69, 9.17) is 15.2 Å². The lowest BCUT2D eigenvalue weighted by Crippen LogP contribution is -2.53. The SMILES string of the molecule is CC(C)NCCOCCCn1nnc2c1-c1ccccc1CN(C(=O)CCC(=O)NCCC(C)(C)OCCC(C)(C)C(=O)NC(C)(C)CC(C)(C)N)c1ccccc1-2. The fourth-order valence-electron chi connectivity index (χ4n) is 7.41. The third kappa shape index (κ3) is 14.0. The molecule has 0 unspecified atom stereocenters. The number of benzene rings is 2. The molecular formula is C45H70N8O5. The molecular weight excluding hydrogens is 733 g/mol. The summed E-state index contributed by atoms with van der Waals surface area (Å²) in [6, 6.07) is 16.3. The second-order valence-electron chi connectivity index (χ2n) is 18.6. The standard InChI is InChI=1S/C45H70N8O5/c1-32(2)47-25-29-57-27-15-26-53-40-34-17-12-11-16-33(34)30-52(36-19-14-13-18-35(36)39(40)50-51-53)38(55)21-20-37(54)48-24-22-45(9,10)58-28-23-42(3,4)41(56)49-44(7,8)31-43(5,6)46/h11-14,16-19,32,47H,15,20-31,46H2,1-10H3,(H,48,54)(H,49,56). The summed E-state index contributed by atoms with van der Waals surface area (Å²) < 4.78 is 14.0. The van der Waals surface area contributed by atoms with Gasteiger partial charge in [-0.1, -0.05) is 75.4 Å². The van der Waals surface area contributed by atoms with Crippen LogP contribution in [0.2, 0.25) is 0 Å². The van der Waals surface area contributed by atoms with Crippen LogP contribution in [0.5, 0.6) is 0 Å². The molecule has 4 rings (SSSR count). The van der Waals surface area contributed by atoms with E-state index in [-0.39, 0.29) is 30.6 Å². The number of carbonyl (C=O) groups is 3. The van der Waals surface area contributed by atoms with E-state index in [9.17, 15) is 14.4 Å². The Kier molecular flexibility index (Phi) is 16.2. The molecule has 0 aliphatic carbocycles. The Morgan fingerprint density at radius 3 is 2.26 bits per heavy atom. The van der Waals surface area contributed by atoms with Crippen LogP contribution in [0.3, 0.4) is 0 Å². The van der Waals surface area contributed by atoms with Gasteiger partial charge in [0, 0.05) is 79.4 Å². The van der Waals surface area contributed by atoms with E-state index in [0.717, 1.165) is 41.0 Å². The van der Waals surface area contributed by atoms with Crippen LogP contribution in [0.25, 0.3) is 22.5 Å². The molecule has 2 aromatic carbocycles. The monoisotopic (exact) mass is 803 g/mol. The molecule has 5 N–H and O–H groups in total. The smallest absolute Gasteiger partial charge is 0.227 e. The van der Waals surface area contributed by atoms with Gasteiger partial charge in [0.1, 0.15) is 5.69 Å². The summed E-state index contributed by atoms with van der Waals surface area (Å²) in [5.74, 6) is -0.386. The molecule has 3 amide bonds. The van der Waals surface area contributed by atoms with Crippen molar-refractivity contribution in [3.8, 4) is 22.5 Å². The lowest BCUT2D eigenvalue weighted by atomic mass is 9.84. The molecule has 2 heterocycles. The van der Waals surface area contributed by atoms with Crippen LogP contribution in [0.15, 0.2) is 48.5 Å². The number of hydrogen-bond acceptors (Lipinski definition) is 9. The van der Waals surface area contributed by atoms with Crippen molar-refractivity contribution in [1.82, 2.24) is 30.9 Å². The number of hydrogen-bond donors (Lipinski definition) is 4. The third-order valence-corrected chi connectivity index (χ3v) is 10.3. The topological polar surface area (TPSA) is 166 Å². The maximum absolute atomic E-state index is 14.0. The van der Waals surface area contributed by atoms with E-state index in [2.05, 4.69) is 46.2 Å².